The lowest BCUT2D eigenvalue weighted by Crippen LogP contribution is -2.26. The lowest BCUT2D eigenvalue weighted by atomic mass is 10.2. The van der Waals surface area contributed by atoms with Gasteiger partial charge < -0.3 is 14.8 Å². The van der Waals surface area contributed by atoms with Crippen molar-refractivity contribution in [1.29, 1.82) is 0 Å². The number of benzene rings is 2. The van der Waals surface area contributed by atoms with Crippen molar-refractivity contribution in [2.45, 2.75) is 11.8 Å². The smallest absolute Gasteiger partial charge is 0.362 e. The number of carbonyl (C=O) groups excluding carboxylic acids is 2. The molecule has 3 rings (SSSR count). The van der Waals surface area contributed by atoms with E-state index in [2.05, 4.69) is 14.9 Å². The molecular weight excluding hydrogens is 456 g/mol. The van der Waals surface area contributed by atoms with Crippen molar-refractivity contribution >= 4 is 44.1 Å². The Labute approximate surface area is 189 Å². The third-order valence-corrected chi connectivity index (χ3v) is 6.80. The Bertz CT molecular complexity index is 1220. The zero-order valence-electron chi connectivity index (χ0n) is 17.4. The molecule has 10 nitrogen and oxygen atoms in total. The number of aromatic nitrogens is 2. The second-order valence-electron chi connectivity index (χ2n) is 6.32. The quantitative estimate of drug-likeness (QED) is 0.492. The van der Waals surface area contributed by atoms with Crippen LogP contribution >= 0.6 is 11.5 Å². The van der Waals surface area contributed by atoms with Crippen LogP contribution in [0.5, 0.6) is 5.75 Å². The number of hydrogen-bond acceptors (Lipinski definition) is 9. The Hall–Kier alpha value is -3.51. The first-order valence-corrected chi connectivity index (χ1v) is 11.5. The van der Waals surface area contributed by atoms with E-state index in [9.17, 15) is 18.0 Å². The highest BCUT2D eigenvalue weighted by Crippen LogP contribution is 2.25. The lowest BCUT2D eigenvalue weighted by molar-refractivity contribution is 0.0520. The van der Waals surface area contributed by atoms with Crippen LogP contribution in [-0.2, 0) is 14.8 Å². The van der Waals surface area contributed by atoms with Gasteiger partial charge in [0.05, 0.1) is 24.3 Å². The summed E-state index contributed by atoms with van der Waals surface area (Å²) in [5.74, 6) is -0.738. The van der Waals surface area contributed by atoms with Gasteiger partial charge in [0.1, 0.15) is 5.75 Å². The lowest BCUT2D eigenvalue weighted by Gasteiger charge is -2.20. The molecule has 0 aliphatic rings. The molecule has 12 heteroatoms. The number of amides is 1. The molecular formula is C20H20N4O6S2. The van der Waals surface area contributed by atoms with E-state index in [0.29, 0.717) is 11.4 Å². The summed E-state index contributed by atoms with van der Waals surface area (Å²) < 4.78 is 40.9. The molecule has 0 saturated heterocycles. The number of esters is 1. The number of nitrogens with one attached hydrogen (secondary N) is 1. The molecule has 0 saturated carbocycles. The highest BCUT2D eigenvalue weighted by Gasteiger charge is 2.24. The Balaban J connectivity index is 1.83. The molecule has 1 heterocycles. The van der Waals surface area contributed by atoms with E-state index in [-0.39, 0.29) is 27.8 Å². The van der Waals surface area contributed by atoms with Gasteiger partial charge in [0, 0.05) is 24.1 Å². The number of nitrogens with zero attached hydrogens (tertiary/aromatic N) is 3. The molecule has 0 spiro atoms. The molecule has 0 aliphatic carbocycles. The van der Waals surface area contributed by atoms with E-state index >= 15 is 0 Å². The number of ether oxygens (including phenoxy) is 2. The van der Waals surface area contributed by atoms with Crippen molar-refractivity contribution in [3.05, 3.63) is 59.8 Å². The zero-order valence-corrected chi connectivity index (χ0v) is 19.1. The summed E-state index contributed by atoms with van der Waals surface area (Å²) in [4.78, 5) is 24.5. The topological polar surface area (TPSA) is 128 Å². The molecule has 1 N–H and O–H groups in total. The van der Waals surface area contributed by atoms with Gasteiger partial charge in [-0.05, 0) is 49.4 Å². The molecule has 0 bridgehead atoms. The van der Waals surface area contributed by atoms with Crippen LogP contribution < -0.4 is 14.4 Å². The van der Waals surface area contributed by atoms with Crippen molar-refractivity contribution in [2.75, 3.05) is 30.4 Å². The first-order valence-electron chi connectivity index (χ1n) is 9.31. The number of hydrogen-bond donors (Lipinski definition) is 1. The Morgan fingerprint density at radius 2 is 1.88 bits per heavy atom. The van der Waals surface area contributed by atoms with E-state index in [1.165, 1.54) is 38.4 Å². The van der Waals surface area contributed by atoms with Gasteiger partial charge in [0.25, 0.3) is 15.9 Å². The minimum atomic E-state index is -3.94. The molecule has 1 amide bonds. The van der Waals surface area contributed by atoms with E-state index in [1.54, 1.807) is 31.2 Å². The third kappa shape index (κ3) is 4.86. The second kappa shape index (κ2) is 9.75. The van der Waals surface area contributed by atoms with Gasteiger partial charge in [-0.2, -0.15) is 0 Å². The molecule has 32 heavy (non-hydrogen) atoms. The zero-order chi connectivity index (χ0) is 23.3. The van der Waals surface area contributed by atoms with Crippen molar-refractivity contribution in [1.82, 2.24) is 9.59 Å². The summed E-state index contributed by atoms with van der Waals surface area (Å²) in [6.45, 7) is 1.79. The fourth-order valence-electron chi connectivity index (χ4n) is 2.67. The van der Waals surface area contributed by atoms with Gasteiger partial charge in [0.2, 0.25) is 5.69 Å². The average Bonchev–Trinajstić information content (AvgIpc) is 3.27. The molecule has 0 atom stereocenters. The molecule has 3 aromatic rings. The number of methoxy groups -OCH3 is 1. The van der Waals surface area contributed by atoms with Crippen molar-refractivity contribution in [3.8, 4) is 5.75 Å². The first kappa shape index (κ1) is 23.2. The number of carbonyl (C=O) groups is 2. The van der Waals surface area contributed by atoms with Gasteiger partial charge in [0.15, 0.2) is 5.00 Å². The summed E-state index contributed by atoms with van der Waals surface area (Å²) >= 11 is 0.811. The summed E-state index contributed by atoms with van der Waals surface area (Å²) in [5, 5.41) is 6.31. The van der Waals surface area contributed by atoms with Crippen molar-refractivity contribution in [2.24, 2.45) is 0 Å². The van der Waals surface area contributed by atoms with Gasteiger partial charge in [-0.25, -0.2) is 13.2 Å². The predicted molar refractivity (Wildman–Crippen MR) is 119 cm³/mol. The SMILES string of the molecule is CCOC(=O)c1nnsc1NC(=O)c1cccc(S(=O)(=O)N(C)c2ccc(OC)cc2)c1. The average molecular weight is 477 g/mol. The maximum atomic E-state index is 13.1. The molecule has 0 radical (unpaired) electrons. The molecule has 1 aromatic heterocycles. The number of rotatable bonds is 8. The summed E-state index contributed by atoms with van der Waals surface area (Å²) in [6.07, 6.45) is 0. The van der Waals surface area contributed by atoms with Crippen LogP contribution in [0, 0.1) is 0 Å². The highest BCUT2D eigenvalue weighted by atomic mass is 32.2. The van der Waals surface area contributed by atoms with Crippen LogP contribution in [-0.4, -0.2) is 50.6 Å². The number of sulfonamides is 1. The Kier molecular flexibility index (Phi) is 7.05. The minimum absolute atomic E-state index is 0.0727. The summed E-state index contributed by atoms with van der Waals surface area (Å²) in [6, 6.07) is 12.1. The van der Waals surface area contributed by atoms with Gasteiger partial charge in [-0.1, -0.05) is 10.6 Å². The normalized spacial score (nSPS) is 11.0. The van der Waals surface area contributed by atoms with Gasteiger partial charge in [-0.15, -0.1) is 5.10 Å². The van der Waals surface area contributed by atoms with E-state index in [1.807, 2.05) is 0 Å². The van der Waals surface area contributed by atoms with Crippen LogP contribution in [0.2, 0.25) is 0 Å². The monoisotopic (exact) mass is 476 g/mol. The molecule has 168 valence electrons. The summed E-state index contributed by atoms with van der Waals surface area (Å²) in [5.41, 5.74) is 0.390. The van der Waals surface area contributed by atoms with Gasteiger partial charge in [-0.3, -0.25) is 9.10 Å². The highest BCUT2D eigenvalue weighted by molar-refractivity contribution is 7.92. The standard InChI is InChI=1S/C20H20N4O6S2/c1-4-30-20(26)17-19(31-23-22-17)21-18(25)13-6-5-7-16(12-13)32(27,28)24(2)14-8-10-15(29-3)11-9-14/h5-12H,4H2,1-3H3,(H,21,25). The van der Waals surface area contributed by atoms with E-state index in [0.717, 1.165) is 15.8 Å². The minimum Gasteiger partial charge on any atom is -0.497 e. The fraction of sp³-hybridized carbons (Fsp3) is 0.200. The van der Waals surface area contributed by atoms with Crippen LogP contribution in [0.3, 0.4) is 0 Å². The maximum absolute atomic E-state index is 13.1. The Morgan fingerprint density at radius 3 is 2.53 bits per heavy atom. The van der Waals surface area contributed by atoms with Gasteiger partial charge >= 0.3 is 5.97 Å². The van der Waals surface area contributed by atoms with Crippen LogP contribution in [0.4, 0.5) is 10.7 Å². The number of anilines is 2. The second-order valence-corrected chi connectivity index (χ2v) is 9.05. The third-order valence-electron chi connectivity index (χ3n) is 4.37. The first-order chi connectivity index (χ1) is 15.3. The van der Waals surface area contributed by atoms with Crippen molar-refractivity contribution < 1.29 is 27.5 Å². The van der Waals surface area contributed by atoms with E-state index in [4.69, 9.17) is 9.47 Å². The fourth-order valence-corrected chi connectivity index (χ4v) is 4.46. The van der Waals surface area contributed by atoms with E-state index < -0.39 is 21.9 Å². The van der Waals surface area contributed by atoms with Crippen molar-refractivity contribution in [3.63, 3.8) is 0 Å². The molecule has 0 fully saturated rings. The summed E-state index contributed by atoms with van der Waals surface area (Å²) in [7, 11) is -1.01. The Morgan fingerprint density at radius 1 is 1.16 bits per heavy atom. The largest absolute Gasteiger partial charge is 0.497 e. The van der Waals surface area contributed by atoms with Crippen LogP contribution in [0.15, 0.2) is 53.4 Å². The van der Waals surface area contributed by atoms with Crippen LogP contribution in [0.25, 0.3) is 0 Å². The molecule has 0 aliphatic heterocycles. The molecule has 0 unspecified atom stereocenters. The van der Waals surface area contributed by atoms with Crippen LogP contribution in [0.1, 0.15) is 27.8 Å². The maximum Gasteiger partial charge on any atom is 0.362 e. The predicted octanol–water partition coefficient (Wildman–Crippen LogP) is 2.80. The molecule has 2 aromatic carbocycles.